The molecule has 3 nitrogen and oxygen atoms in total. The molecule has 20 heavy (non-hydrogen) atoms. The van der Waals surface area contributed by atoms with Crippen LogP contribution in [0.5, 0.6) is 0 Å². The number of hydrogen-bond acceptors (Lipinski definition) is 4. The van der Waals surface area contributed by atoms with Gasteiger partial charge in [-0.1, -0.05) is 0 Å². The molecular weight excluding hydrogens is 341 g/mol. The van der Waals surface area contributed by atoms with Gasteiger partial charge in [0.25, 0.3) is 0 Å². The van der Waals surface area contributed by atoms with Crippen molar-refractivity contribution in [3.05, 3.63) is 23.5 Å². The monoisotopic (exact) mass is 359 g/mol. The third-order valence-electron chi connectivity index (χ3n) is 2.46. The average molecular weight is 361 g/mol. The lowest BCUT2D eigenvalue weighted by atomic mass is 10.2. The van der Waals surface area contributed by atoms with Gasteiger partial charge in [0.15, 0.2) is 0 Å². The largest absolute Gasteiger partial charge is 0.378 e. The van der Waals surface area contributed by atoms with Crippen LogP contribution >= 0.6 is 47.4 Å². The number of ether oxygens (including phenoxy) is 2. The number of rotatable bonds is 10. The Morgan fingerprint density at radius 2 is 1.85 bits per heavy atom. The van der Waals surface area contributed by atoms with E-state index >= 15 is 0 Å². The molecule has 0 amide bonds. The van der Waals surface area contributed by atoms with Gasteiger partial charge in [0.05, 0.1) is 38.0 Å². The molecule has 1 heterocycles. The fourth-order valence-electron chi connectivity index (χ4n) is 1.44. The highest BCUT2D eigenvalue weighted by atomic mass is 35.5. The summed E-state index contributed by atoms with van der Waals surface area (Å²) in [7, 11) is 0. The van der Waals surface area contributed by atoms with Crippen molar-refractivity contribution in [2.75, 3.05) is 38.1 Å². The summed E-state index contributed by atoms with van der Waals surface area (Å²) in [5, 5.41) is 0. The lowest BCUT2D eigenvalue weighted by molar-refractivity contribution is 0.0602. The normalized spacial score (nSPS) is 10.3. The molecule has 1 aromatic rings. The van der Waals surface area contributed by atoms with Gasteiger partial charge in [0.2, 0.25) is 0 Å². The maximum atomic E-state index is 5.83. The summed E-state index contributed by atoms with van der Waals surface area (Å²) in [4.78, 5) is 5.46. The molecule has 0 aliphatic carbocycles. The lowest BCUT2D eigenvalue weighted by Crippen LogP contribution is -2.07. The van der Waals surface area contributed by atoms with Gasteiger partial charge in [-0.25, -0.2) is 0 Å². The number of aromatic nitrogens is 1. The van der Waals surface area contributed by atoms with Crippen molar-refractivity contribution >= 4 is 47.4 Å². The van der Waals surface area contributed by atoms with Crippen LogP contribution in [-0.4, -0.2) is 43.0 Å². The standard InChI is InChI=1S/C13H19Cl2NO2S.ClH/c1-11-12(10-15)16-4-2-13(11)19-9-8-18-7-6-17-5-3-14;/h2,4H,3,5-10H2,1H3;1H. The quantitative estimate of drug-likeness (QED) is 0.359. The number of nitrogens with zero attached hydrogens (tertiary/aromatic N) is 1. The molecule has 0 unspecified atom stereocenters. The van der Waals surface area contributed by atoms with Crippen LogP contribution in [0.1, 0.15) is 11.3 Å². The van der Waals surface area contributed by atoms with Crippen LogP contribution in [-0.2, 0) is 15.4 Å². The fourth-order valence-corrected chi connectivity index (χ4v) is 2.73. The van der Waals surface area contributed by atoms with E-state index in [1.807, 2.05) is 13.0 Å². The van der Waals surface area contributed by atoms with Crippen molar-refractivity contribution in [1.82, 2.24) is 4.98 Å². The number of hydrogen-bond donors (Lipinski definition) is 0. The summed E-state index contributed by atoms with van der Waals surface area (Å²) in [6.07, 6.45) is 1.80. The van der Waals surface area contributed by atoms with E-state index in [-0.39, 0.29) is 12.4 Å². The van der Waals surface area contributed by atoms with Crippen LogP contribution < -0.4 is 0 Å². The van der Waals surface area contributed by atoms with Gasteiger partial charge in [-0.2, -0.15) is 0 Å². The summed E-state index contributed by atoms with van der Waals surface area (Å²) < 4.78 is 10.7. The smallest absolute Gasteiger partial charge is 0.0701 e. The third kappa shape index (κ3) is 7.91. The maximum Gasteiger partial charge on any atom is 0.0701 e. The zero-order chi connectivity index (χ0) is 13.9. The highest BCUT2D eigenvalue weighted by molar-refractivity contribution is 7.99. The summed E-state index contributed by atoms with van der Waals surface area (Å²) in [5.74, 6) is 1.89. The predicted molar refractivity (Wildman–Crippen MR) is 88.9 cm³/mol. The highest BCUT2D eigenvalue weighted by Crippen LogP contribution is 2.24. The van der Waals surface area contributed by atoms with Crippen molar-refractivity contribution in [3.8, 4) is 0 Å². The molecule has 0 fully saturated rings. The zero-order valence-corrected chi connectivity index (χ0v) is 14.6. The van der Waals surface area contributed by atoms with E-state index in [0.29, 0.717) is 38.2 Å². The van der Waals surface area contributed by atoms with Gasteiger partial charge >= 0.3 is 0 Å². The molecule has 0 atom stereocenters. The molecule has 1 aromatic heterocycles. The first-order valence-electron chi connectivity index (χ1n) is 6.14. The Kier molecular flexibility index (Phi) is 13.2. The SMILES string of the molecule is Cc1c(SCCOCCOCCCl)ccnc1CCl.Cl. The summed E-state index contributed by atoms with van der Waals surface area (Å²) >= 11 is 13.1. The number of pyridine rings is 1. The molecule has 0 aliphatic heterocycles. The van der Waals surface area contributed by atoms with Crippen molar-refractivity contribution in [2.45, 2.75) is 17.7 Å². The van der Waals surface area contributed by atoms with E-state index in [1.54, 1.807) is 18.0 Å². The Bertz CT molecular complexity index is 369. The van der Waals surface area contributed by atoms with Crippen LogP contribution in [0.4, 0.5) is 0 Å². The van der Waals surface area contributed by atoms with Crippen molar-refractivity contribution < 1.29 is 9.47 Å². The second-order valence-corrected chi connectivity index (χ2v) is 5.56. The van der Waals surface area contributed by atoms with E-state index < -0.39 is 0 Å². The molecule has 0 saturated heterocycles. The van der Waals surface area contributed by atoms with Gasteiger partial charge in [-0.05, 0) is 18.6 Å². The van der Waals surface area contributed by atoms with Gasteiger partial charge in [0.1, 0.15) is 0 Å². The van der Waals surface area contributed by atoms with Crippen LogP contribution in [0.15, 0.2) is 17.2 Å². The third-order valence-corrected chi connectivity index (χ3v) is 4.00. The summed E-state index contributed by atoms with van der Waals surface area (Å²) in [6.45, 7) is 4.54. The van der Waals surface area contributed by atoms with E-state index in [4.69, 9.17) is 32.7 Å². The second-order valence-electron chi connectivity index (χ2n) is 3.78. The topological polar surface area (TPSA) is 31.4 Å². The fraction of sp³-hybridized carbons (Fsp3) is 0.615. The number of alkyl halides is 2. The molecule has 1 rings (SSSR count). The van der Waals surface area contributed by atoms with Crippen LogP contribution in [0.3, 0.4) is 0 Å². The minimum absolute atomic E-state index is 0. The van der Waals surface area contributed by atoms with Crippen LogP contribution in [0.2, 0.25) is 0 Å². The number of halogens is 3. The van der Waals surface area contributed by atoms with Crippen molar-refractivity contribution in [3.63, 3.8) is 0 Å². The van der Waals surface area contributed by atoms with Crippen molar-refractivity contribution in [2.24, 2.45) is 0 Å². The first-order chi connectivity index (χ1) is 9.29. The summed E-state index contributed by atoms with van der Waals surface area (Å²) in [6, 6.07) is 2.01. The van der Waals surface area contributed by atoms with E-state index in [1.165, 1.54) is 4.90 Å². The Hall–Kier alpha value is 0.290. The van der Waals surface area contributed by atoms with E-state index in [2.05, 4.69) is 4.98 Å². The average Bonchev–Trinajstić information content (AvgIpc) is 2.43. The highest BCUT2D eigenvalue weighted by Gasteiger charge is 2.04. The van der Waals surface area contributed by atoms with Gasteiger partial charge in [-0.15, -0.1) is 47.4 Å². The van der Waals surface area contributed by atoms with E-state index in [9.17, 15) is 0 Å². The van der Waals surface area contributed by atoms with Crippen LogP contribution in [0.25, 0.3) is 0 Å². The Morgan fingerprint density at radius 3 is 2.50 bits per heavy atom. The lowest BCUT2D eigenvalue weighted by Gasteiger charge is -2.08. The molecule has 0 aliphatic rings. The Balaban J connectivity index is 0.00000361. The molecule has 0 aromatic carbocycles. The Labute approximate surface area is 141 Å². The predicted octanol–water partition coefficient (Wildman–Crippen LogP) is 3.91. The molecular formula is C13H20Cl3NO2S. The summed E-state index contributed by atoms with van der Waals surface area (Å²) in [5.41, 5.74) is 2.11. The maximum absolute atomic E-state index is 5.83. The zero-order valence-electron chi connectivity index (χ0n) is 11.4. The van der Waals surface area contributed by atoms with Crippen molar-refractivity contribution in [1.29, 1.82) is 0 Å². The first-order valence-corrected chi connectivity index (χ1v) is 8.19. The van der Waals surface area contributed by atoms with E-state index in [0.717, 1.165) is 17.0 Å². The molecule has 0 spiro atoms. The van der Waals surface area contributed by atoms with Crippen LogP contribution in [0, 0.1) is 6.92 Å². The molecule has 116 valence electrons. The Morgan fingerprint density at radius 1 is 1.15 bits per heavy atom. The molecule has 0 radical (unpaired) electrons. The van der Waals surface area contributed by atoms with Gasteiger partial charge < -0.3 is 9.47 Å². The molecule has 7 heteroatoms. The number of thioether (sulfide) groups is 1. The second kappa shape index (κ2) is 13.0. The first kappa shape index (κ1) is 20.3. The minimum Gasteiger partial charge on any atom is -0.378 e. The molecule has 0 saturated carbocycles. The molecule has 0 bridgehead atoms. The van der Waals surface area contributed by atoms with Gasteiger partial charge in [-0.3, -0.25) is 4.98 Å². The molecule has 0 N–H and O–H groups in total. The minimum atomic E-state index is 0. The van der Waals surface area contributed by atoms with Gasteiger partial charge in [0, 0.05) is 22.7 Å².